The highest BCUT2D eigenvalue weighted by Gasteiger charge is 2.26. The highest BCUT2D eigenvalue weighted by Crippen LogP contribution is 2.30. The van der Waals surface area contributed by atoms with Crippen LogP contribution in [0.5, 0.6) is 17.4 Å². The first kappa shape index (κ1) is 21.7. The van der Waals surface area contributed by atoms with Gasteiger partial charge in [-0.3, -0.25) is 9.67 Å². The molecule has 0 amide bonds. The maximum Gasteiger partial charge on any atom is 0.219 e. The van der Waals surface area contributed by atoms with Gasteiger partial charge in [0, 0.05) is 58.1 Å². The highest BCUT2D eigenvalue weighted by molar-refractivity contribution is 5.80. The molecule has 8 nitrogen and oxygen atoms in total. The van der Waals surface area contributed by atoms with Crippen LogP contribution in [0, 0.1) is 0 Å². The van der Waals surface area contributed by atoms with E-state index in [1.807, 2.05) is 74.5 Å². The molecule has 0 saturated carbocycles. The Morgan fingerprint density at radius 1 is 1.19 bits per heavy atom. The maximum absolute atomic E-state index is 5.91. The molecular formula is C24H30N6O2. The van der Waals surface area contributed by atoms with Gasteiger partial charge in [0.15, 0.2) is 17.5 Å². The lowest BCUT2D eigenvalue weighted by atomic mass is 10.0. The van der Waals surface area contributed by atoms with Gasteiger partial charge in [-0.05, 0) is 36.6 Å². The number of rotatable bonds is 7. The molecule has 8 heteroatoms. The van der Waals surface area contributed by atoms with Crippen molar-refractivity contribution < 1.29 is 9.47 Å². The van der Waals surface area contributed by atoms with Crippen LogP contribution in [0.4, 0.5) is 0 Å². The lowest BCUT2D eigenvalue weighted by Gasteiger charge is -2.21. The van der Waals surface area contributed by atoms with Gasteiger partial charge in [-0.2, -0.15) is 5.10 Å². The number of nitrogens with one attached hydrogen (secondary N) is 1. The summed E-state index contributed by atoms with van der Waals surface area (Å²) in [6, 6.07) is 11.5. The molecule has 0 aliphatic carbocycles. The van der Waals surface area contributed by atoms with E-state index >= 15 is 0 Å². The third-order valence-electron chi connectivity index (χ3n) is 5.51. The molecule has 2 aromatic heterocycles. The molecule has 1 aliphatic rings. The molecule has 32 heavy (non-hydrogen) atoms. The maximum atomic E-state index is 5.91. The molecule has 3 heterocycles. The SMILES string of the molecule is CCOc1ccccc1Oc1ccc(CNC(=NC)N2CCC(c3cnn(C)c3)C2)cn1. The van der Waals surface area contributed by atoms with Crippen LogP contribution < -0.4 is 14.8 Å². The summed E-state index contributed by atoms with van der Waals surface area (Å²) in [6.45, 7) is 5.09. The van der Waals surface area contributed by atoms with Crippen LogP contribution in [0.25, 0.3) is 0 Å². The third kappa shape index (κ3) is 5.19. The van der Waals surface area contributed by atoms with Crippen LogP contribution in [0.15, 0.2) is 60.0 Å². The second-order valence-electron chi connectivity index (χ2n) is 7.77. The molecule has 1 N–H and O–H groups in total. The summed E-state index contributed by atoms with van der Waals surface area (Å²) in [5.74, 6) is 3.29. The molecule has 1 aliphatic heterocycles. The molecule has 1 fully saturated rings. The van der Waals surface area contributed by atoms with Crippen LogP contribution in [0.1, 0.15) is 30.4 Å². The van der Waals surface area contributed by atoms with Crippen LogP contribution in [-0.2, 0) is 13.6 Å². The number of aromatic nitrogens is 3. The molecule has 1 aromatic carbocycles. The van der Waals surface area contributed by atoms with Crippen molar-refractivity contribution in [3.05, 3.63) is 66.1 Å². The van der Waals surface area contributed by atoms with Crippen LogP contribution in [0.3, 0.4) is 0 Å². The minimum atomic E-state index is 0.486. The van der Waals surface area contributed by atoms with Crippen molar-refractivity contribution in [2.24, 2.45) is 12.0 Å². The van der Waals surface area contributed by atoms with Crippen molar-refractivity contribution in [3.63, 3.8) is 0 Å². The number of aliphatic imine (C=N–C) groups is 1. The number of guanidine groups is 1. The Hall–Kier alpha value is -3.55. The number of para-hydroxylation sites is 2. The summed E-state index contributed by atoms with van der Waals surface area (Å²) in [5, 5.41) is 7.76. The van der Waals surface area contributed by atoms with E-state index in [1.165, 1.54) is 5.56 Å². The molecule has 0 spiro atoms. The number of hydrogen-bond donors (Lipinski definition) is 1. The summed E-state index contributed by atoms with van der Waals surface area (Å²) < 4.78 is 13.4. The molecule has 3 aromatic rings. The molecule has 168 valence electrons. The topological polar surface area (TPSA) is 76.8 Å². The minimum Gasteiger partial charge on any atom is -0.490 e. The van der Waals surface area contributed by atoms with Crippen molar-refractivity contribution in [1.29, 1.82) is 0 Å². The first-order valence-electron chi connectivity index (χ1n) is 10.9. The van der Waals surface area contributed by atoms with E-state index in [4.69, 9.17) is 9.47 Å². The second kappa shape index (κ2) is 10.2. The zero-order chi connectivity index (χ0) is 22.3. The van der Waals surface area contributed by atoms with Crippen molar-refractivity contribution in [3.8, 4) is 17.4 Å². The lowest BCUT2D eigenvalue weighted by Crippen LogP contribution is -2.39. The van der Waals surface area contributed by atoms with Crippen molar-refractivity contribution in [2.75, 3.05) is 26.7 Å². The van der Waals surface area contributed by atoms with Crippen molar-refractivity contribution in [1.82, 2.24) is 25.0 Å². The number of aryl methyl sites for hydroxylation is 1. The monoisotopic (exact) mass is 434 g/mol. The Morgan fingerprint density at radius 3 is 2.72 bits per heavy atom. The standard InChI is InChI=1S/C24H30N6O2/c1-4-31-21-7-5-6-8-22(21)32-23-10-9-18(13-26-23)14-27-24(25-2)30-12-11-19(17-30)20-15-28-29(3)16-20/h5-10,13,15-16,19H,4,11-12,14,17H2,1-3H3,(H,25,27). The van der Waals surface area contributed by atoms with E-state index in [0.29, 0.717) is 36.4 Å². The van der Waals surface area contributed by atoms with Crippen LogP contribution in [0.2, 0.25) is 0 Å². The summed E-state index contributed by atoms with van der Waals surface area (Å²) in [6.07, 6.45) is 6.99. The molecule has 4 rings (SSSR count). The molecular weight excluding hydrogens is 404 g/mol. The average Bonchev–Trinajstić information content (AvgIpc) is 3.46. The Bertz CT molecular complexity index is 1050. The molecule has 0 bridgehead atoms. The number of hydrogen-bond acceptors (Lipinski definition) is 5. The van der Waals surface area contributed by atoms with Gasteiger partial charge in [-0.1, -0.05) is 18.2 Å². The minimum absolute atomic E-state index is 0.486. The zero-order valence-electron chi connectivity index (χ0n) is 18.9. The van der Waals surface area contributed by atoms with Gasteiger partial charge in [0.1, 0.15) is 0 Å². The van der Waals surface area contributed by atoms with E-state index in [9.17, 15) is 0 Å². The number of ether oxygens (including phenoxy) is 2. The van der Waals surface area contributed by atoms with Crippen LogP contribution >= 0.6 is 0 Å². The third-order valence-corrected chi connectivity index (χ3v) is 5.51. The Morgan fingerprint density at radius 2 is 2.03 bits per heavy atom. The van der Waals surface area contributed by atoms with E-state index in [-0.39, 0.29) is 0 Å². The van der Waals surface area contributed by atoms with E-state index in [1.54, 1.807) is 0 Å². The van der Waals surface area contributed by atoms with Gasteiger partial charge >= 0.3 is 0 Å². The van der Waals surface area contributed by atoms with Gasteiger partial charge < -0.3 is 19.7 Å². The first-order chi connectivity index (χ1) is 15.7. The predicted molar refractivity (Wildman–Crippen MR) is 124 cm³/mol. The zero-order valence-corrected chi connectivity index (χ0v) is 18.9. The Labute approximate surface area is 188 Å². The molecule has 0 radical (unpaired) electrons. The molecule has 1 atom stereocenters. The number of likely N-dealkylation sites (tertiary alicyclic amines) is 1. The largest absolute Gasteiger partial charge is 0.490 e. The summed E-state index contributed by atoms with van der Waals surface area (Å²) in [7, 11) is 3.78. The Kier molecular flexibility index (Phi) is 6.89. The van der Waals surface area contributed by atoms with Crippen molar-refractivity contribution in [2.45, 2.75) is 25.8 Å². The quantitative estimate of drug-likeness (QED) is 0.453. The molecule has 1 unspecified atom stereocenters. The number of benzene rings is 1. The second-order valence-corrected chi connectivity index (χ2v) is 7.77. The lowest BCUT2D eigenvalue weighted by molar-refractivity contribution is 0.319. The van der Waals surface area contributed by atoms with Gasteiger partial charge in [0.05, 0.1) is 12.8 Å². The average molecular weight is 435 g/mol. The predicted octanol–water partition coefficient (Wildman–Crippen LogP) is 3.57. The van der Waals surface area contributed by atoms with E-state index in [2.05, 4.69) is 31.5 Å². The number of pyridine rings is 1. The van der Waals surface area contributed by atoms with Crippen molar-refractivity contribution >= 4 is 5.96 Å². The fourth-order valence-corrected chi connectivity index (χ4v) is 3.89. The summed E-state index contributed by atoms with van der Waals surface area (Å²) in [4.78, 5) is 11.2. The fraction of sp³-hybridized carbons (Fsp3) is 0.375. The summed E-state index contributed by atoms with van der Waals surface area (Å²) >= 11 is 0. The summed E-state index contributed by atoms with van der Waals surface area (Å²) in [5.41, 5.74) is 2.34. The van der Waals surface area contributed by atoms with Gasteiger partial charge in [-0.25, -0.2) is 4.98 Å². The Balaban J connectivity index is 1.32. The normalized spacial score (nSPS) is 16.3. The van der Waals surface area contributed by atoms with E-state index in [0.717, 1.165) is 31.0 Å². The fourth-order valence-electron chi connectivity index (χ4n) is 3.89. The number of nitrogens with zero attached hydrogens (tertiary/aromatic N) is 5. The van der Waals surface area contributed by atoms with Gasteiger partial charge in [0.25, 0.3) is 0 Å². The van der Waals surface area contributed by atoms with E-state index < -0.39 is 0 Å². The highest BCUT2D eigenvalue weighted by atomic mass is 16.5. The first-order valence-corrected chi connectivity index (χ1v) is 10.9. The molecule has 1 saturated heterocycles. The van der Waals surface area contributed by atoms with Crippen LogP contribution in [-0.4, -0.2) is 52.4 Å². The van der Waals surface area contributed by atoms with Gasteiger partial charge in [-0.15, -0.1) is 0 Å². The smallest absolute Gasteiger partial charge is 0.219 e. The van der Waals surface area contributed by atoms with Gasteiger partial charge in [0.2, 0.25) is 5.88 Å².